The standard InChI is InChI=1S/C7H12O3.C3H8/c1-7(2)9-5-6(10-7)3-4-8;1-3-2/h4,6H,3,5H2,1-2H3;3H2,1-2H3. The molecule has 0 radical (unpaired) electrons. The zero-order valence-electron chi connectivity index (χ0n) is 9.00. The molecule has 0 amide bonds. The average Bonchev–Trinajstić information content (AvgIpc) is 2.33. The van der Waals surface area contributed by atoms with Crippen molar-refractivity contribution in [2.45, 2.75) is 52.4 Å². The van der Waals surface area contributed by atoms with E-state index < -0.39 is 5.79 Å². The van der Waals surface area contributed by atoms with Gasteiger partial charge in [0.05, 0.1) is 12.7 Å². The highest BCUT2D eigenvalue weighted by Gasteiger charge is 2.31. The average molecular weight is 188 g/mol. The van der Waals surface area contributed by atoms with E-state index in [1.807, 2.05) is 13.8 Å². The molecule has 1 fully saturated rings. The topological polar surface area (TPSA) is 35.5 Å². The predicted molar refractivity (Wildman–Crippen MR) is 51.6 cm³/mol. The van der Waals surface area contributed by atoms with Gasteiger partial charge in [0, 0.05) is 6.42 Å². The van der Waals surface area contributed by atoms with Gasteiger partial charge in [-0.3, -0.25) is 0 Å². The van der Waals surface area contributed by atoms with Gasteiger partial charge in [-0.2, -0.15) is 0 Å². The summed E-state index contributed by atoms with van der Waals surface area (Å²) in [5.74, 6) is -0.492. The van der Waals surface area contributed by atoms with Gasteiger partial charge < -0.3 is 14.3 Å². The highest BCUT2D eigenvalue weighted by molar-refractivity contribution is 5.50. The number of aldehydes is 1. The molecule has 0 saturated carbocycles. The smallest absolute Gasteiger partial charge is 0.163 e. The third-order valence-corrected chi connectivity index (χ3v) is 1.43. The molecule has 1 aliphatic heterocycles. The summed E-state index contributed by atoms with van der Waals surface area (Å²) in [6, 6.07) is 0. The molecule has 13 heavy (non-hydrogen) atoms. The summed E-state index contributed by atoms with van der Waals surface area (Å²) < 4.78 is 10.6. The van der Waals surface area contributed by atoms with Crippen molar-refractivity contribution < 1.29 is 14.3 Å². The Kier molecular flexibility index (Phi) is 5.91. The molecule has 1 aliphatic rings. The van der Waals surface area contributed by atoms with Crippen LogP contribution < -0.4 is 0 Å². The van der Waals surface area contributed by atoms with Crippen LogP contribution in [0.2, 0.25) is 0 Å². The fourth-order valence-electron chi connectivity index (χ4n) is 0.987. The summed E-state index contributed by atoms with van der Waals surface area (Å²) >= 11 is 0. The molecule has 1 saturated heterocycles. The first kappa shape index (κ1) is 12.6. The van der Waals surface area contributed by atoms with Crippen molar-refractivity contribution in [2.24, 2.45) is 0 Å². The lowest BCUT2D eigenvalue weighted by Gasteiger charge is -2.15. The molecule has 0 aromatic rings. The van der Waals surface area contributed by atoms with Crippen LogP contribution in [-0.2, 0) is 14.3 Å². The van der Waals surface area contributed by atoms with E-state index in [9.17, 15) is 4.79 Å². The minimum absolute atomic E-state index is 0.0347. The van der Waals surface area contributed by atoms with Gasteiger partial charge in [-0.1, -0.05) is 20.3 Å². The van der Waals surface area contributed by atoms with Gasteiger partial charge in [-0.25, -0.2) is 0 Å². The second-order valence-electron chi connectivity index (χ2n) is 3.56. The van der Waals surface area contributed by atoms with Gasteiger partial charge in [0.1, 0.15) is 6.29 Å². The summed E-state index contributed by atoms with van der Waals surface area (Å²) in [5, 5.41) is 0. The molecule has 0 aromatic carbocycles. The van der Waals surface area contributed by atoms with Crippen LogP contribution in [0.4, 0.5) is 0 Å². The lowest BCUT2D eigenvalue weighted by Crippen LogP contribution is -2.21. The Labute approximate surface area is 80.4 Å². The van der Waals surface area contributed by atoms with E-state index in [2.05, 4.69) is 13.8 Å². The van der Waals surface area contributed by atoms with Crippen LogP contribution in [0.5, 0.6) is 0 Å². The van der Waals surface area contributed by atoms with Gasteiger partial charge in [0.2, 0.25) is 0 Å². The molecule has 0 bridgehead atoms. The van der Waals surface area contributed by atoms with Crippen LogP contribution >= 0.6 is 0 Å². The monoisotopic (exact) mass is 188 g/mol. The molecule has 3 heteroatoms. The molecule has 1 unspecified atom stereocenters. The number of hydrogen-bond acceptors (Lipinski definition) is 3. The Balaban J connectivity index is 0.000000424. The van der Waals surface area contributed by atoms with E-state index >= 15 is 0 Å². The van der Waals surface area contributed by atoms with E-state index in [0.29, 0.717) is 13.0 Å². The molecule has 3 nitrogen and oxygen atoms in total. The lowest BCUT2D eigenvalue weighted by atomic mass is 10.3. The second-order valence-corrected chi connectivity index (χ2v) is 3.56. The van der Waals surface area contributed by atoms with E-state index in [1.54, 1.807) is 0 Å². The van der Waals surface area contributed by atoms with E-state index in [0.717, 1.165) is 6.29 Å². The predicted octanol–water partition coefficient (Wildman–Crippen LogP) is 2.14. The molecular weight excluding hydrogens is 168 g/mol. The van der Waals surface area contributed by atoms with Crippen LogP contribution in [0.3, 0.4) is 0 Å². The lowest BCUT2D eigenvalue weighted by molar-refractivity contribution is -0.140. The Hall–Kier alpha value is -0.410. The van der Waals surface area contributed by atoms with E-state index in [4.69, 9.17) is 9.47 Å². The molecule has 0 N–H and O–H groups in total. The van der Waals surface area contributed by atoms with Crippen molar-refractivity contribution in [2.75, 3.05) is 6.61 Å². The van der Waals surface area contributed by atoms with Crippen molar-refractivity contribution in [1.29, 1.82) is 0 Å². The maximum Gasteiger partial charge on any atom is 0.163 e. The van der Waals surface area contributed by atoms with Crippen LogP contribution in [-0.4, -0.2) is 24.8 Å². The summed E-state index contributed by atoms with van der Waals surface area (Å²) in [6.45, 7) is 8.47. The summed E-state index contributed by atoms with van der Waals surface area (Å²) in [6.07, 6.45) is 2.51. The number of carbonyl (C=O) groups excluding carboxylic acids is 1. The maximum atomic E-state index is 10.0. The van der Waals surface area contributed by atoms with Crippen LogP contribution in [0.1, 0.15) is 40.5 Å². The van der Waals surface area contributed by atoms with Crippen molar-refractivity contribution in [1.82, 2.24) is 0 Å². The minimum atomic E-state index is -0.492. The molecule has 1 heterocycles. The van der Waals surface area contributed by atoms with Crippen LogP contribution in [0.15, 0.2) is 0 Å². The molecule has 1 atom stereocenters. The Bertz CT molecular complexity index is 143. The first-order valence-corrected chi connectivity index (χ1v) is 4.81. The quantitative estimate of drug-likeness (QED) is 0.623. The Morgan fingerprint density at radius 3 is 2.31 bits per heavy atom. The fourth-order valence-corrected chi connectivity index (χ4v) is 0.987. The highest BCUT2D eigenvalue weighted by atomic mass is 16.7. The molecular formula is C10H20O3. The summed E-state index contributed by atoms with van der Waals surface area (Å²) in [4.78, 5) is 10.0. The van der Waals surface area contributed by atoms with Crippen molar-refractivity contribution in [3.05, 3.63) is 0 Å². The van der Waals surface area contributed by atoms with Crippen molar-refractivity contribution >= 4 is 6.29 Å². The number of ether oxygens (including phenoxy) is 2. The van der Waals surface area contributed by atoms with Gasteiger partial charge >= 0.3 is 0 Å². The van der Waals surface area contributed by atoms with Gasteiger partial charge in [0.25, 0.3) is 0 Å². The van der Waals surface area contributed by atoms with E-state index in [1.165, 1.54) is 6.42 Å². The normalized spacial score (nSPS) is 24.8. The van der Waals surface area contributed by atoms with Gasteiger partial charge in [0.15, 0.2) is 5.79 Å². The SMILES string of the molecule is CC1(C)OCC(CC=O)O1.CCC. The molecule has 1 rings (SSSR count). The van der Waals surface area contributed by atoms with Crippen molar-refractivity contribution in [3.8, 4) is 0 Å². The summed E-state index contributed by atoms with van der Waals surface area (Å²) in [5.41, 5.74) is 0. The van der Waals surface area contributed by atoms with Crippen LogP contribution in [0, 0.1) is 0 Å². The minimum Gasteiger partial charge on any atom is -0.348 e. The Morgan fingerprint density at radius 1 is 1.46 bits per heavy atom. The fraction of sp³-hybridized carbons (Fsp3) is 0.900. The highest BCUT2D eigenvalue weighted by Crippen LogP contribution is 2.23. The molecule has 0 spiro atoms. The number of carbonyl (C=O) groups is 1. The summed E-state index contributed by atoms with van der Waals surface area (Å²) in [7, 11) is 0. The number of hydrogen-bond donors (Lipinski definition) is 0. The molecule has 0 aliphatic carbocycles. The zero-order chi connectivity index (χ0) is 10.3. The largest absolute Gasteiger partial charge is 0.348 e. The van der Waals surface area contributed by atoms with Gasteiger partial charge in [-0.05, 0) is 13.8 Å². The first-order chi connectivity index (χ1) is 6.05. The first-order valence-electron chi connectivity index (χ1n) is 4.81. The maximum absolute atomic E-state index is 10.0. The second kappa shape index (κ2) is 6.11. The molecule has 78 valence electrons. The van der Waals surface area contributed by atoms with E-state index in [-0.39, 0.29) is 6.10 Å². The Morgan fingerprint density at radius 2 is 2.00 bits per heavy atom. The third kappa shape index (κ3) is 5.77. The molecule has 0 aromatic heterocycles. The van der Waals surface area contributed by atoms with Crippen LogP contribution in [0.25, 0.3) is 0 Å². The van der Waals surface area contributed by atoms with Gasteiger partial charge in [-0.15, -0.1) is 0 Å². The van der Waals surface area contributed by atoms with Crippen molar-refractivity contribution in [3.63, 3.8) is 0 Å². The number of rotatable bonds is 2. The zero-order valence-corrected chi connectivity index (χ0v) is 9.00. The third-order valence-electron chi connectivity index (χ3n) is 1.43.